The Labute approximate surface area is 177 Å². The molecule has 0 radical (unpaired) electrons. The number of carbonyl (C=O) groups is 1. The van der Waals surface area contributed by atoms with E-state index in [1.54, 1.807) is 11.3 Å². The molecule has 0 fully saturated rings. The molecule has 0 atom stereocenters. The zero-order chi connectivity index (χ0) is 20.8. The van der Waals surface area contributed by atoms with E-state index in [1.807, 2.05) is 72.7 Å². The standard InChI is InChI=1S/C24H28N2O2S/c1-17(2)13-26(24(27)20-10-8-18(3)9-11-20)14-21-16-29-23(25-21)15-28-22-7-5-6-19(4)12-22/h5-12,16-17H,13-15H2,1-4H3. The minimum absolute atomic E-state index is 0.0456. The van der Waals surface area contributed by atoms with E-state index in [1.165, 1.54) is 5.56 Å². The molecule has 3 aromatic rings. The van der Waals surface area contributed by atoms with Gasteiger partial charge in [-0.15, -0.1) is 11.3 Å². The first-order valence-corrected chi connectivity index (χ1v) is 10.8. The number of benzene rings is 2. The van der Waals surface area contributed by atoms with E-state index >= 15 is 0 Å². The lowest BCUT2D eigenvalue weighted by Crippen LogP contribution is -2.33. The first-order valence-electron chi connectivity index (χ1n) is 9.89. The van der Waals surface area contributed by atoms with Gasteiger partial charge in [-0.25, -0.2) is 4.98 Å². The van der Waals surface area contributed by atoms with Crippen LogP contribution in [0.15, 0.2) is 53.9 Å². The summed E-state index contributed by atoms with van der Waals surface area (Å²) in [7, 11) is 0. The Morgan fingerprint density at radius 2 is 1.86 bits per heavy atom. The van der Waals surface area contributed by atoms with Crippen LogP contribution in [0.5, 0.6) is 5.75 Å². The summed E-state index contributed by atoms with van der Waals surface area (Å²) in [6.07, 6.45) is 0. The van der Waals surface area contributed by atoms with Crippen LogP contribution in [-0.4, -0.2) is 22.3 Å². The molecule has 0 saturated heterocycles. The lowest BCUT2D eigenvalue weighted by atomic mass is 10.1. The molecule has 0 N–H and O–H groups in total. The summed E-state index contributed by atoms with van der Waals surface area (Å²) in [6, 6.07) is 15.7. The maximum Gasteiger partial charge on any atom is 0.254 e. The third kappa shape index (κ3) is 6.16. The van der Waals surface area contributed by atoms with Gasteiger partial charge in [-0.1, -0.05) is 43.7 Å². The van der Waals surface area contributed by atoms with Gasteiger partial charge in [0.2, 0.25) is 0 Å². The van der Waals surface area contributed by atoms with Crippen molar-refractivity contribution in [2.24, 2.45) is 5.92 Å². The molecular weight excluding hydrogens is 380 g/mol. The largest absolute Gasteiger partial charge is 0.486 e. The van der Waals surface area contributed by atoms with Crippen molar-refractivity contribution < 1.29 is 9.53 Å². The van der Waals surface area contributed by atoms with E-state index in [-0.39, 0.29) is 5.91 Å². The average Bonchev–Trinajstić information content (AvgIpc) is 3.13. The van der Waals surface area contributed by atoms with Crippen molar-refractivity contribution in [2.75, 3.05) is 6.54 Å². The van der Waals surface area contributed by atoms with Crippen LogP contribution in [-0.2, 0) is 13.2 Å². The van der Waals surface area contributed by atoms with E-state index in [0.29, 0.717) is 25.6 Å². The molecule has 0 saturated carbocycles. The average molecular weight is 409 g/mol. The van der Waals surface area contributed by atoms with Crippen LogP contribution >= 0.6 is 11.3 Å². The van der Waals surface area contributed by atoms with Gasteiger partial charge in [0.1, 0.15) is 17.4 Å². The minimum Gasteiger partial charge on any atom is -0.486 e. The summed E-state index contributed by atoms with van der Waals surface area (Å²) in [6.45, 7) is 9.95. The Kier molecular flexibility index (Phi) is 7.04. The molecule has 0 unspecified atom stereocenters. The maximum atomic E-state index is 13.0. The molecule has 152 valence electrons. The zero-order valence-corrected chi connectivity index (χ0v) is 18.3. The van der Waals surface area contributed by atoms with Crippen LogP contribution in [0.2, 0.25) is 0 Å². The van der Waals surface area contributed by atoms with Crippen LogP contribution in [0.1, 0.15) is 46.0 Å². The van der Waals surface area contributed by atoms with E-state index in [2.05, 4.69) is 18.8 Å². The van der Waals surface area contributed by atoms with Crippen molar-refractivity contribution in [3.63, 3.8) is 0 Å². The van der Waals surface area contributed by atoms with Crippen molar-refractivity contribution in [1.29, 1.82) is 0 Å². The van der Waals surface area contributed by atoms with Gasteiger partial charge in [0.05, 0.1) is 12.2 Å². The zero-order valence-electron chi connectivity index (χ0n) is 17.5. The number of carbonyl (C=O) groups excluding carboxylic acids is 1. The fourth-order valence-corrected chi connectivity index (χ4v) is 3.77. The maximum absolute atomic E-state index is 13.0. The minimum atomic E-state index is 0.0456. The predicted octanol–water partition coefficient (Wildman–Crippen LogP) is 5.64. The topological polar surface area (TPSA) is 42.4 Å². The molecule has 0 aliphatic rings. The molecule has 1 aromatic heterocycles. The molecule has 0 bridgehead atoms. The number of hydrogen-bond acceptors (Lipinski definition) is 4. The van der Waals surface area contributed by atoms with Crippen LogP contribution in [0.3, 0.4) is 0 Å². The molecule has 2 aromatic carbocycles. The number of rotatable bonds is 8. The fraction of sp³-hybridized carbons (Fsp3) is 0.333. The molecule has 29 heavy (non-hydrogen) atoms. The van der Waals surface area contributed by atoms with Gasteiger partial charge >= 0.3 is 0 Å². The van der Waals surface area contributed by atoms with E-state index in [9.17, 15) is 4.79 Å². The second-order valence-electron chi connectivity index (χ2n) is 7.78. The highest BCUT2D eigenvalue weighted by molar-refractivity contribution is 7.09. The van der Waals surface area contributed by atoms with Gasteiger partial charge < -0.3 is 9.64 Å². The number of aryl methyl sites for hydroxylation is 2. The Morgan fingerprint density at radius 3 is 2.55 bits per heavy atom. The summed E-state index contributed by atoms with van der Waals surface area (Å²) in [5.41, 5.74) is 3.93. The molecule has 0 spiro atoms. The van der Waals surface area contributed by atoms with Gasteiger partial charge in [0.15, 0.2) is 0 Å². The third-order valence-electron chi connectivity index (χ3n) is 4.48. The normalized spacial score (nSPS) is 10.9. The highest BCUT2D eigenvalue weighted by Gasteiger charge is 2.18. The van der Waals surface area contributed by atoms with Gasteiger partial charge in [0.25, 0.3) is 5.91 Å². The second-order valence-corrected chi connectivity index (χ2v) is 8.73. The van der Waals surface area contributed by atoms with Crippen LogP contribution in [0.25, 0.3) is 0 Å². The summed E-state index contributed by atoms with van der Waals surface area (Å²) < 4.78 is 5.85. The SMILES string of the molecule is Cc1ccc(C(=O)N(Cc2csc(COc3cccc(C)c3)n2)CC(C)C)cc1. The lowest BCUT2D eigenvalue weighted by Gasteiger charge is -2.24. The van der Waals surface area contributed by atoms with E-state index < -0.39 is 0 Å². The van der Waals surface area contributed by atoms with Crippen molar-refractivity contribution in [3.8, 4) is 5.75 Å². The summed E-state index contributed by atoms with van der Waals surface area (Å²) in [4.78, 5) is 19.6. The number of ether oxygens (including phenoxy) is 1. The highest BCUT2D eigenvalue weighted by atomic mass is 32.1. The van der Waals surface area contributed by atoms with Crippen molar-refractivity contribution in [1.82, 2.24) is 9.88 Å². The smallest absolute Gasteiger partial charge is 0.254 e. The predicted molar refractivity (Wildman–Crippen MR) is 118 cm³/mol. The summed E-state index contributed by atoms with van der Waals surface area (Å²) in [5.74, 6) is 1.27. The van der Waals surface area contributed by atoms with Gasteiger partial charge in [-0.2, -0.15) is 0 Å². The lowest BCUT2D eigenvalue weighted by molar-refractivity contribution is 0.0720. The number of nitrogens with zero attached hydrogens (tertiary/aromatic N) is 2. The van der Waals surface area contributed by atoms with E-state index in [4.69, 9.17) is 4.74 Å². The molecule has 0 aliphatic carbocycles. The quantitative estimate of drug-likeness (QED) is 0.484. The second kappa shape index (κ2) is 9.70. The van der Waals surface area contributed by atoms with Crippen LogP contribution in [0, 0.1) is 19.8 Å². The molecule has 3 rings (SSSR count). The Balaban J connectivity index is 1.66. The number of aromatic nitrogens is 1. The van der Waals surface area contributed by atoms with Crippen molar-refractivity contribution >= 4 is 17.2 Å². The Morgan fingerprint density at radius 1 is 1.10 bits per heavy atom. The molecular formula is C24H28N2O2S. The summed E-state index contributed by atoms with van der Waals surface area (Å²) in [5, 5.41) is 2.93. The molecule has 1 amide bonds. The number of thiazole rings is 1. The summed E-state index contributed by atoms with van der Waals surface area (Å²) >= 11 is 1.57. The van der Waals surface area contributed by atoms with Gasteiger partial charge in [-0.3, -0.25) is 4.79 Å². The Bertz CT molecular complexity index is 948. The molecule has 4 nitrogen and oxygen atoms in total. The highest BCUT2D eigenvalue weighted by Crippen LogP contribution is 2.19. The molecule has 1 heterocycles. The molecule has 0 aliphatic heterocycles. The number of hydrogen-bond donors (Lipinski definition) is 0. The number of amides is 1. The van der Waals surface area contributed by atoms with Gasteiger partial charge in [-0.05, 0) is 49.6 Å². The van der Waals surface area contributed by atoms with Crippen LogP contribution in [0.4, 0.5) is 0 Å². The van der Waals surface area contributed by atoms with Crippen LogP contribution < -0.4 is 4.74 Å². The first-order chi connectivity index (χ1) is 13.9. The van der Waals surface area contributed by atoms with Crippen molar-refractivity contribution in [3.05, 3.63) is 81.3 Å². The van der Waals surface area contributed by atoms with E-state index in [0.717, 1.165) is 27.6 Å². The van der Waals surface area contributed by atoms with Crippen molar-refractivity contribution in [2.45, 2.75) is 40.8 Å². The fourth-order valence-electron chi connectivity index (χ4n) is 3.07. The third-order valence-corrected chi connectivity index (χ3v) is 5.35. The molecule has 5 heteroatoms. The Hall–Kier alpha value is -2.66. The monoisotopic (exact) mass is 408 g/mol. The first kappa shape index (κ1) is 21.1. The van der Waals surface area contributed by atoms with Gasteiger partial charge in [0, 0.05) is 17.5 Å².